The summed E-state index contributed by atoms with van der Waals surface area (Å²) in [5, 5.41) is 2.91. The number of amides is 1. The zero-order valence-electron chi connectivity index (χ0n) is 12.9. The molecule has 1 amide bonds. The lowest BCUT2D eigenvalue weighted by Crippen LogP contribution is -2.23. The van der Waals surface area contributed by atoms with Crippen molar-refractivity contribution in [2.24, 2.45) is 0 Å². The van der Waals surface area contributed by atoms with Crippen molar-refractivity contribution in [2.75, 3.05) is 0 Å². The number of nitrogens with one attached hydrogen (secondary N) is 1. The molecule has 2 aromatic heterocycles. The summed E-state index contributed by atoms with van der Waals surface area (Å²) < 4.78 is 1.97. The van der Waals surface area contributed by atoms with Crippen LogP contribution >= 0.6 is 0 Å². The van der Waals surface area contributed by atoms with Gasteiger partial charge in [-0.1, -0.05) is 12.1 Å². The van der Waals surface area contributed by atoms with Crippen molar-refractivity contribution in [1.29, 1.82) is 0 Å². The Balaban J connectivity index is 1.65. The van der Waals surface area contributed by atoms with E-state index in [1.165, 1.54) is 0 Å². The molecule has 0 aliphatic heterocycles. The van der Waals surface area contributed by atoms with Gasteiger partial charge in [0.2, 0.25) is 0 Å². The summed E-state index contributed by atoms with van der Waals surface area (Å²) in [5.74, 6) is -0.0965. The van der Waals surface area contributed by atoms with Gasteiger partial charge in [0.05, 0.1) is 18.6 Å². The molecule has 23 heavy (non-hydrogen) atoms. The second-order valence-electron chi connectivity index (χ2n) is 5.44. The lowest BCUT2D eigenvalue weighted by molar-refractivity contribution is 0.0950. The molecule has 116 valence electrons. The first-order chi connectivity index (χ1) is 11.2. The summed E-state index contributed by atoms with van der Waals surface area (Å²) in [6, 6.07) is 11.5. The second-order valence-corrected chi connectivity index (χ2v) is 5.44. The predicted octanol–water partition coefficient (Wildman–Crippen LogP) is 2.56. The molecule has 0 spiro atoms. The molecule has 5 heteroatoms. The lowest BCUT2D eigenvalue weighted by Gasteiger charge is -2.08. The van der Waals surface area contributed by atoms with Gasteiger partial charge in [-0.25, -0.2) is 4.98 Å². The van der Waals surface area contributed by atoms with Gasteiger partial charge in [-0.2, -0.15) is 0 Å². The fourth-order valence-electron chi connectivity index (χ4n) is 2.37. The molecule has 0 saturated carbocycles. The fraction of sp³-hybridized carbons (Fsp3) is 0.167. The maximum Gasteiger partial charge on any atom is 0.251 e. The van der Waals surface area contributed by atoms with Crippen LogP contribution in [0.4, 0.5) is 0 Å². The average Bonchev–Trinajstić information content (AvgIpc) is 3.06. The van der Waals surface area contributed by atoms with E-state index in [1.54, 1.807) is 18.7 Å². The maximum absolute atomic E-state index is 12.3. The Hall–Kier alpha value is -2.95. The van der Waals surface area contributed by atoms with Crippen molar-refractivity contribution in [3.05, 3.63) is 83.7 Å². The van der Waals surface area contributed by atoms with Gasteiger partial charge in [-0.15, -0.1) is 0 Å². The number of benzene rings is 1. The molecule has 2 heterocycles. The van der Waals surface area contributed by atoms with Crippen LogP contribution in [0, 0.1) is 6.92 Å². The zero-order valence-corrected chi connectivity index (χ0v) is 12.9. The van der Waals surface area contributed by atoms with Gasteiger partial charge < -0.3 is 9.88 Å². The predicted molar refractivity (Wildman–Crippen MR) is 87.9 cm³/mol. The largest absolute Gasteiger partial charge is 0.346 e. The first-order valence-corrected chi connectivity index (χ1v) is 7.45. The van der Waals surface area contributed by atoms with Gasteiger partial charge in [-0.3, -0.25) is 9.78 Å². The van der Waals surface area contributed by atoms with Crippen molar-refractivity contribution in [2.45, 2.75) is 20.0 Å². The first-order valence-electron chi connectivity index (χ1n) is 7.45. The molecule has 3 aromatic rings. The summed E-state index contributed by atoms with van der Waals surface area (Å²) in [6.45, 7) is 3.12. The summed E-state index contributed by atoms with van der Waals surface area (Å²) in [5.41, 5.74) is 3.69. The summed E-state index contributed by atoms with van der Waals surface area (Å²) in [7, 11) is 0. The van der Waals surface area contributed by atoms with Crippen molar-refractivity contribution < 1.29 is 4.79 Å². The number of pyridine rings is 1. The average molecular weight is 306 g/mol. The van der Waals surface area contributed by atoms with E-state index in [0.29, 0.717) is 18.7 Å². The van der Waals surface area contributed by atoms with Crippen LogP contribution in [0.1, 0.15) is 27.2 Å². The van der Waals surface area contributed by atoms with Gasteiger partial charge in [0.1, 0.15) is 0 Å². The molecule has 0 radical (unpaired) electrons. The van der Waals surface area contributed by atoms with Crippen LogP contribution in [0.2, 0.25) is 0 Å². The van der Waals surface area contributed by atoms with Gasteiger partial charge in [0.25, 0.3) is 5.91 Å². The lowest BCUT2D eigenvalue weighted by atomic mass is 10.1. The maximum atomic E-state index is 12.3. The van der Waals surface area contributed by atoms with Gasteiger partial charge in [0.15, 0.2) is 0 Å². The SMILES string of the molecule is Cc1ccnc(CNC(=O)c2cccc(Cn3ccnc3)c2)c1. The van der Waals surface area contributed by atoms with Gasteiger partial charge in [0, 0.05) is 30.7 Å². The number of carbonyl (C=O) groups excluding carboxylic acids is 1. The topological polar surface area (TPSA) is 59.8 Å². The highest BCUT2D eigenvalue weighted by atomic mass is 16.1. The standard InChI is InChI=1S/C18H18N4O/c1-14-5-6-20-17(9-14)11-21-18(23)16-4-2-3-15(10-16)12-22-8-7-19-13-22/h2-10,13H,11-12H2,1H3,(H,21,23). The number of hydrogen-bond acceptors (Lipinski definition) is 3. The molecule has 0 saturated heterocycles. The molecule has 0 aliphatic rings. The van der Waals surface area contributed by atoms with Crippen LogP contribution in [0.5, 0.6) is 0 Å². The van der Waals surface area contributed by atoms with Crippen LogP contribution < -0.4 is 5.32 Å². The zero-order chi connectivity index (χ0) is 16.1. The molecular weight excluding hydrogens is 288 g/mol. The van der Waals surface area contributed by atoms with E-state index in [1.807, 2.05) is 54.1 Å². The molecule has 5 nitrogen and oxygen atoms in total. The van der Waals surface area contributed by atoms with Crippen molar-refractivity contribution >= 4 is 5.91 Å². The van der Waals surface area contributed by atoms with E-state index in [2.05, 4.69) is 15.3 Å². The molecule has 0 aliphatic carbocycles. The van der Waals surface area contributed by atoms with Gasteiger partial charge in [-0.05, 0) is 42.3 Å². The van der Waals surface area contributed by atoms with E-state index in [0.717, 1.165) is 16.8 Å². The van der Waals surface area contributed by atoms with Crippen LogP contribution in [-0.2, 0) is 13.1 Å². The van der Waals surface area contributed by atoms with Crippen LogP contribution in [0.15, 0.2) is 61.3 Å². The third-order valence-electron chi connectivity index (χ3n) is 3.52. The number of aromatic nitrogens is 3. The quantitative estimate of drug-likeness (QED) is 0.788. The monoisotopic (exact) mass is 306 g/mol. The van der Waals surface area contributed by atoms with Crippen LogP contribution in [-0.4, -0.2) is 20.4 Å². The minimum absolute atomic E-state index is 0.0965. The number of hydrogen-bond donors (Lipinski definition) is 1. The van der Waals surface area contributed by atoms with E-state index in [-0.39, 0.29) is 5.91 Å². The molecule has 0 unspecified atom stereocenters. The Morgan fingerprint density at radius 2 is 2.13 bits per heavy atom. The Labute approximate surface area is 135 Å². The number of carbonyl (C=O) groups is 1. The molecular formula is C18H18N4O. The van der Waals surface area contributed by atoms with E-state index in [4.69, 9.17) is 0 Å². The van der Waals surface area contributed by atoms with Crippen LogP contribution in [0.25, 0.3) is 0 Å². The third kappa shape index (κ3) is 4.03. The molecule has 1 N–H and O–H groups in total. The number of imidazole rings is 1. The van der Waals surface area contributed by atoms with E-state index in [9.17, 15) is 4.79 Å². The highest BCUT2D eigenvalue weighted by molar-refractivity contribution is 5.94. The summed E-state index contributed by atoms with van der Waals surface area (Å²) >= 11 is 0. The van der Waals surface area contributed by atoms with E-state index >= 15 is 0 Å². The highest BCUT2D eigenvalue weighted by Crippen LogP contribution is 2.08. The van der Waals surface area contributed by atoms with Crippen molar-refractivity contribution in [3.8, 4) is 0 Å². The summed E-state index contributed by atoms with van der Waals surface area (Å²) in [6.07, 6.45) is 7.15. The molecule has 0 atom stereocenters. The summed E-state index contributed by atoms with van der Waals surface area (Å²) in [4.78, 5) is 20.6. The number of rotatable bonds is 5. The Kier molecular flexibility index (Phi) is 4.47. The van der Waals surface area contributed by atoms with Gasteiger partial charge >= 0.3 is 0 Å². The number of aryl methyl sites for hydroxylation is 1. The minimum Gasteiger partial charge on any atom is -0.346 e. The number of nitrogens with zero attached hydrogens (tertiary/aromatic N) is 3. The van der Waals surface area contributed by atoms with Crippen molar-refractivity contribution in [1.82, 2.24) is 19.9 Å². The normalized spacial score (nSPS) is 10.5. The van der Waals surface area contributed by atoms with Crippen LogP contribution in [0.3, 0.4) is 0 Å². The molecule has 3 rings (SSSR count). The molecule has 0 bridgehead atoms. The van der Waals surface area contributed by atoms with E-state index < -0.39 is 0 Å². The Bertz CT molecular complexity index is 796. The highest BCUT2D eigenvalue weighted by Gasteiger charge is 2.07. The second kappa shape index (κ2) is 6.87. The smallest absolute Gasteiger partial charge is 0.251 e. The Morgan fingerprint density at radius 3 is 2.91 bits per heavy atom. The third-order valence-corrected chi connectivity index (χ3v) is 3.52. The Morgan fingerprint density at radius 1 is 1.22 bits per heavy atom. The minimum atomic E-state index is -0.0965. The van der Waals surface area contributed by atoms with Crippen molar-refractivity contribution in [3.63, 3.8) is 0 Å². The fourth-order valence-corrected chi connectivity index (χ4v) is 2.37. The molecule has 1 aromatic carbocycles. The molecule has 0 fully saturated rings. The first kappa shape index (κ1) is 15.0.